The normalized spacial score (nSPS) is 20.8. The molecule has 1 aliphatic rings. The molecule has 1 aromatic heterocycles. The molecule has 4 nitrogen and oxygen atoms in total. The predicted molar refractivity (Wildman–Crippen MR) is 85.9 cm³/mol. The first kappa shape index (κ1) is 17.8. The van der Waals surface area contributed by atoms with Crippen LogP contribution in [0.25, 0.3) is 11.5 Å². The molecule has 0 atom stereocenters. The second kappa shape index (κ2) is 7.89. The lowest BCUT2D eigenvalue weighted by atomic mass is 9.80. The van der Waals surface area contributed by atoms with Crippen molar-refractivity contribution in [2.75, 3.05) is 0 Å². The van der Waals surface area contributed by atoms with E-state index in [1.54, 1.807) is 0 Å². The fourth-order valence-electron chi connectivity index (χ4n) is 3.46. The Balaban J connectivity index is 1.68. The predicted octanol–water partition coefficient (Wildman–Crippen LogP) is 5.55. The fraction of sp³-hybridized carbons (Fsp3) is 0.556. The zero-order valence-electron chi connectivity index (χ0n) is 14.1. The van der Waals surface area contributed by atoms with Gasteiger partial charge in [-0.25, -0.2) is 4.39 Å². The Kier molecular flexibility index (Phi) is 5.60. The number of benzene rings is 1. The fourth-order valence-corrected chi connectivity index (χ4v) is 3.46. The quantitative estimate of drug-likeness (QED) is 0.682. The summed E-state index contributed by atoms with van der Waals surface area (Å²) >= 11 is 0. The molecule has 0 saturated heterocycles. The van der Waals surface area contributed by atoms with Crippen LogP contribution in [0.1, 0.15) is 57.2 Å². The van der Waals surface area contributed by atoms with E-state index in [0.717, 1.165) is 43.7 Å². The summed E-state index contributed by atoms with van der Waals surface area (Å²) in [6.45, 7) is -0.868. The van der Waals surface area contributed by atoms with Gasteiger partial charge in [0.05, 0.1) is 0 Å². The van der Waals surface area contributed by atoms with Crippen molar-refractivity contribution in [1.29, 1.82) is 0 Å². The molecule has 0 aliphatic heterocycles. The summed E-state index contributed by atoms with van der Waals surface area (Å²) in [5.41, 5.74) is 0.345. The molecule has 136 valence electrons. The average molecular weight is 354 g/mol. The summed E-state index contributed by atoms with van der Waals surface area (Å²) in [5.74, 6) is 0.470. The van der Waals surface area contributed by atoms with E-state index in [2.05, 4.69) is 21.8 Å². The van der Waals surface area contributed by atoms with E-state index in [-0.39, 0.29) is 11.8 Å². The monoisotopic (exact) mass is 354 g/mol. The zero-order valence-corrected chi connectivity index (χ0v) is 14.1. The molecular formula is C18H21F3N2O2. The topological polar surface area (TPSA) is 48.2 Å². The number of aromatic nitrogens is 2. The van der Waals surface area contributed by atoms with Gasteiger partial charge in [-0.05, 0) is 49.8 Å². The van der Waals surface area contributed by atoms with Gasteiger partial charge in [-0.2, -0.15) is 13.8 Å². The van der Waals surface area contributed by atoms with Crippen molar-refractivity contribution < 1.29 is 22.4 Å². The van der Waals surface area contributed by atoms with Crippen molar-refractivity contribution in [2.24, 2.45) is 5.92 Å². The molecule has 1 fully saturated rings. The Morgan fingerprint density at radius 1 is 1.24 bits per heavy atom. The van der Waals surface area contributed by atoms with Crippen molar-refractivity contribution in [3.63, 3.8) is 0 Å². The van der Waals surface area contributed by atoms with Crippen LogP contribution in [0.3, 0.4) is 0 Å². The Morgan fingerprint density at radius 3 is 2.64 bits per heavy atom. The highest BCUT2D eigenvalue weighted by Crippen LogP contribution is 2.37. The van der Waals surface area contributed by atoms with Crippen LogP contribution in [0.15, 0.2) is 22.7 Å². The first-order chi connectivity index (χ1) is 12.1. The van der Waals surface area contributed by atoms with Gasteiger partial charge < -0.3 is 9.26 Å². The zero-order chi connectivity index (χ0) is 17.8. The highest BCUT2D eigenvalue weighted by molar-refractivity contribution is 5.54. The second-order valence-electron chi connectivity index (χ2n) is 6.49. The number of alkyl halides is 2. The Hall–Kier alpha value is -2.05. The van der Waals surface area contributed by atoms with Crippen molar-refractivity contribution in [3.8, 4) is 17.2 Å². The Labute approximate surface area is 144 Å². The summed E-state index contributed by atoms with van der Waals surface area (Å²) in [7, 11) is 0. The molecule has 0 unspecified atom stereocenters. The molecule has 2 aromatic rings. The lowest BCUT2D eigenvalue weighted by molar-refractivity contribution is -0.0521. The van der Waals surface area contributed by atoms with Crippen LogP contribution in [0.2, 0.25) is 0 Å². The number of nitrogens with zero attached hydrogens (tertiary/aromatic N) is 2. The van der Waals surface area contributed by atoms with Gasteiger partial charge in [-0.15, -0.1) is 0 Å². The van der Waals surface area contributed by atoms with E-state index in [9.17, 15) is 13.2 Å². The average Bonchev–Trinajstić information content (AvgIpc) is 3.07. The summed E-state index contributed by atoms with van der Waals surface area (Å²) in [6.07, 6.45) is 6.85. The van der Waals surface area contributed by atoms with Crippen LogP contribution in [0.4, 0.5) is 13.2 Å². The summed E-state index contributed by atoms with van der Waals surface area (Å²) in [6, 6.07) is 3.63. The van der Waals surface area contributed by atoms with Crippen molar-refractivity contribution >= 4 is 0 Å². The van der Waals surface area contributed by atoms with Gasteiger partial charge in [0.2, 0.25) is 0 Å². The van der Waals surface area contributed by atoms with Gasteiger partial charge in [-0.3, -0.25) is 0 Å². The van der Waals surface area contributed by atoms with E-state index in [1.807, 2.05) is 0 Å². The van der Waals surface area contributed by atoms with Crippen LogP contribution in [0, 0.1) is 11.7 Å². The van der Waals surface area contributed by atoms with Gasteiger partial charge in [0.25, 0.3) is 5.89 Å². The van der Waals surface area contributed by atoms with Crippen LogP contribution in [-0.2, 0) is 0 Å². The number of ether oxygens (including phenoxy) is 1. The molecule has 0 N–H and O–H groups in total. The molecule has 0 amide bonds. The van der Waals surface area contributed by atoms with Gasteiger partial charge >= 0.3 is 6.61 Å². The molecule has 1 heterocycles. The van der Waals surface area contributed by atoms with E-state index in [4.69, 9.17) is 4.52 Å². The van der Waals surface area contributed by atoms with E-state index in [0.29, 0.717) is 11.4 Å². The highest BCUT2D eigenvalue weighted by atomic mass is 19.3. The third-order valence-corrected chi connectivity index (χ3v) is 4.75. The SMILES string of the molecule is CCCC1CCC(c2noc(-c3ccc(OC(F)F)c(F)c3)n2)CC1. The smallest absolute Gasteiger partial charge is 0.387 e. The number of hydrogen-bond donors (Lipinski definition) is 0. The first-order valence-electron chi connectivity index (χ1n) is 8.65. The summed E-state index contributed by atoms with van der Waals surface area (Å²) in [4.78, 5) is 4.37. The summed E-state index contributed by atoms with van der Waals surface area (Å²) < 4.78 is 47.5. The third-order valence-electron chi connectivity index (χ3n) is 4.75. The second-order valence-corrected chi connectivity index (χ2v) is 6.49. The van der Waals surface area contributed by atoms with Crippen molar-refractivity contribution in [2.45, 2.75) is 58.0 Å². The molecular weight excluding hydrogens is 333 g/mol. The molecule has 1 aliphatic carbocycles. The van der Waals surface area contributed by atoms with Crippen LogP contribution >= 0.6 is 0 Å². The number of halogens is 3. The maximum Gasteiger partial charge on any atom is 0.387 e. The van der Waals surface area contributed by atoms with E-state index >= 15 is 0 Å². The van der Waals surface area contributed by atoms with Crippen LogP contribution in [-0.4, -0.2) is 16.8 Å². The molecule has 1 saturated carbocycles. The van der Waals surface area contributed by atoms with Gasteiger partial charge in [-0.1, -0.05) is 24.9 Å². The van der Waals surface area contributed by atoms with Gasteiger partial charge in [0.1, 0.15) is 0 Å². The maximum absolute atomic E-state index is 13.8. The highest BCUT2D eigenvalue weighted by Gasteiger charge is 2.26. The minimum absolute atomic E-state index is 0.188. The lowest BCUT2D eigenvalue weighted by Crippen LogP contribution is -2.14. The molecule has 0 radical (unpaired) electrons. The molecule has 1 aromatic carbocycles. The van der Waals surface area contributed by atoms with Crippen LogP contribution < -0.4 is 4.74 Å². The van der Waals surface area contributed by atoms with Crippen molar-refractivity contribution in [3.05, 3.63) is 29.8 Å². The maximum atomic E-state index is 13.8. The minimum Gasteiger partial charge on any atom is -0.432 e. The minimum atomic E-state index is -3.07. The van der Waals surface area contributed by atoms with Crippen molar-refractivity contribution in [1.82, 2.24) is 10.1 Å². The Bertz CT molecular complexity index is 697. The van der Waals surface area contributed by atoms with Gasteiger partial charge in [0, 0.05) is 11.5 Å². The van der Waals surface area contributed by atoms with Gasteiger partial charge in [0.15, 0.2) is 17.4 Å². The molecule has 0 spiro atoms. The molecule has 25 heavy (non-hydrogen) atoms. The third kappa shape index (κ3) is 4.32. The lowest BCUT2D eigenvalue weighted by Gasteiger charge is -2.26. The van der Waals surface area contributed by atoms with E-state index in [1.165, 1.54) is 18.9 Å². The standard InChI is InChI=1S/C18H21F3N2O2/c1-2-3-11-4-6-12(7-5-11)16-22-17(25-23-16)13-8-9-15(14(19)10-13)24-18(20)21/h8-12,18H,2-7H2,1H3. The first-order valence-corrected chi connectivity index (χ1v) is 8.65. The largest absolute Gasteiger partial charge is 0.432 e. The Morgan fingerprint density at radius 2 is 2.00 bits per heavy atom. The molecule has 7 heteroatoms. The summed E-state index contributed by atoms with van der Waals surface area (Å²) in [5, 5.41) is 4.03. The number of hydrogen-bond acceptors (Lipinski definition) is 4. The van der Waals surface area contributed by atoms with Crippen LogP contribution in [0.5, 0.6) is 5.75 Å². The molecule has 0 bridgehead atoms. The molecule has 3 rings (SSSR count). The number of rotatable bonds is 6. The van der Waals surface area contributed by atoms with E-state index < -0.39 is 18.2 Å².